The van der Waals surface area contributed by atoms with E-state index in [2.05, 4.69) is 27.0 Å². The minimum atomic E-state index is 0.397. The highest BCUT2D eigenvalue weighted by Crippen LogP contribution is 2.23. The monoisotopic (exact) mass is 294 g/mol. The molecule has 80 valence electrons. The van der Waals surface area contributed by atoms with Gasteiger partial charge in [-0.2, -0.15) is 5.26 Å². The van der Waals surface area contributed by atoms with Crippen LogP contribution in [0.3, 0.4) is 0 Å². The number of ether oxygens (including phenoxy) is 1. The average Bonchev–Trinajstić information content (AvgIpc) is 2.80. The summed E-state index contributed by atoms with van der Waals surface area (Å²) in [5, 5.41) is 11.7. The minimum absolute atomic E-state index is 0.397. The summed E-state index contributed by atoms with van der Waals surface area (Å²) in [5.41, 5.74) is 0.519. The van der Waals surface area contributed by atoms with Crippen LogP contribution in [0.5, 0.6) is 5.75 Å². The maximum Gasteiger partial charge on any atom is 0.140 e. The first-order valence-electron chi connectivity index (χ1n) is 4.50. The van der Waals surface area contributed by atoms with Crippen molar-refractivity contribution in [3.05, 3.63) is 44.8 Å². The summed E-state index contributed by atoms with van der Waals surface area (Å²) in [7, 11) is 0. The number of hydrogen-bond acceptors (Lipinski definition) is 4. The zero-order valence-corrected chi connectivity index (χ0v) is 10.6. The summed E-state index contributed by atoms with van der Waals surface area (Å²) in [6, 6.07) is 7.45. The Labute approximate surface area is 105 Å². The summed E-state index contributed by atoms with van der Waals surface area (Å²) >= 11 is 4.84. The van der Waals surface area contributed by atoms with Gasteiger partial charge in [-0.3, -0.25) is 0 Å². The Bertz CT molecular complexity index is 519. The number of benzene rings is 1. The van der Waals surface area contributed by atoms with E-state index in [0.29, 0.717) is 17.9 Å². The number of thiazole rings is 1. The molecule has 0 aliphatic heterocycles. The molecule has 0 saturated carbocycles. The lowest BCUT2D eigenvalue weighted by Gasteiger charge is -2.05. The van der Waals surface area contributed by atoms with E-state index in [1.165, 1.54) is 11.3 Å². The van der Waals surface area contributed by atoms with Crippen LogP contribution in [0.15, 0.2) is 34.2 Å². The van der Waals surface area contributed by atoms with Crippen LogP contribution in [-0.2, 0) is 6.61 Å². The Balaban J connectivity index is 2.13. The van der Waals surface area contributed by atoms with Gasteiger partial charge in [-0.05, 0) is 18.2 Å². The van der Waals surface area contributed by atoms with E-state index in [1.54, 1.807) is 18.3 Å². The lowest BCUT2D eigenvalue weighted by Crippen LogP contribution is -1.96. The molecular weight excluding hydrogens is 288 g/mol. The Morgan fingerprint density at radius 2 is 2.38 bits per heavy atom. The number of halogens is 1. The van der Waals surface area contributed by atoms with E-state index >= 15 is 0 Å². The fourth-order valence-electron chi connectivity index (χ4n) is 1.18. The van der Waals surface area contributed by atoms with Crippen molar-refractivity contribution in [2.75, 3.05) is 0 Å². The van der Waals surface area contributed by atoms with Crippen LogP contribution in [0.2, 0.25) is 0 Å². The van der Waals surface area contributed by atoms with Gasteiger partial charge in [0, 0.05) is 16.0 Å². The highest BCUT2D eigenvalue weighted by molar-refractivity contribution is 9.10. The second-order valence-electron chi connectivity index (χ2n) is 2.97. The van der Waals surface area contributed by atoms with Gasteiger partial charge in [-0.25, -0.2) is 4.98 Å². The fraction of sp³-hybridized carbons (Fsp3) is 0.0909. The molecule has 0 saturated heterocycles. The first-order valence-corrected chi connectivity index (χ1v) is 6.17. The van der Waals surface area contributed by atoms with E-state index in [-0.39, 0.29) is 0 Å². The van der Waals surface area contributed by atoms with Gasteiger partial charge < -0.3 is 4.74 Å². The minimum Gasteiger partial charge on any atom is -0.485 e. The van der Waals surface area contributed by atoms with Crippen LogP contribution in [0, 0.1) is 11.3 Å². The molecule has 0 atom stereocenters. The molecule has 0 radical (unpaired) electrons. The molecule has 0 fully saturated rings. The lowest BCUT2D eigenvalue weighted by molar-refractivity contribution is 0.304. The Kier molecular flexibility index (Phi) is 3.54. The molecule has 0 amide bonds. The molecule has 3 nitrogen and oxygen atoms in total. The molecule has 1 heterocycles. The van der Waals surface area contributed by atoms with Crippen molar-refractivity contribution < 1.29 is 4.74 Å². The van der Waals surface area contributed by atoms with Crippen molar-refractivity contribution >= 4 is 27.3 Å². The van der Waals surface area contributed by atoms with Crippen LogP contribution in [0.1, 0.15) is 10.6 Å². The summed E-state index contributed by atoms with van der Waals surface area (Å²) in [6.45, 7) is 0.397. The fourth-order valence-corrected chi connectivity index (χ4v) is 2.07. The normalized spacial score (nSPS) is 9.75. The van der Waals surface area contributed by atoms with Gasteiger partial charge in [-0.1, -0.05) is 15.9 Å². The second kappa shape index (κ2) is 5.10. The van der Waals surface area contributed by atoms with Crippen molar-refractivity contribution in [2.45, 2.75) is 6.61 Å². The molecule has 1 aromatic carbocycles. The third kappa shape index (κ3) is 2.60. The zero-order valence-electron chi connectivity index (χ0n) is 8.18. The standard InChI is InChI=1S/C11H7BrN2OS/c12-9-1-2-10(8(5-9)6-13)15-7-11-14-3-4-16-11/h1-5H,7H2. The highest BCUT2D eigenvalue weighted by atomic mass is 79.9. The molecule has 5 heteroatoms. The van der Waals surface area contributed by atoms with Gasteiger partial charge in [0.05, 0.1) is 5.56 Å². The predicted octanol–water partition coefficient (Wildman–Crippen LogP) is 3.36. The zero-order chi connectivity index (χ0) is 11.4. The molecular formula is C11H7BrN2OS. The van der Waals surface area contributed by atoms with Gasteiger partial charge >= 0.3 is 0 Å². The largest absolute Gasteiger partial charge is 0.485 e. The predicted molar refractivity (Wildman–Crippen MR) is 65.3 cm³/mol. The summed E-state index contributed by atoms with van der Waals surface area (Å²) < 4.78 is 6.40. The van der Waals surface area contributed by atoms with Crippen LogP contribution >= 0.6 is 27.3 Å². The van der Waals surface area contributed by atoms with Crippen molar-refractivity contribution in [2.24, 2.45) is 0 Å². The number of aromatic nitrogens is 1. The van der Waals surface area contributed by atoms with Crippen molar-refractivity contribution in [3.8, 4) is 11.8 Å². The maximum absolute atomic E-state index is 8.94. The molecule has 0 spiro atoms. The highest BCUT2D eigenvalue weighted by Gasteiger charge is 2.04. The van der Waals surface area contributed by atoms with E-state index in [1.807, 2.05) is 11.4 Å². The first-order chi connectivity index (χ1) is 7.79. The molecule has 16 heavy (non-hydrogen) atoms. The van der Waals surface area contributed by atoms with Crippen LogP contribution in [0.25, 0.3) is 0 Å². The molecule has 0 aliphatic carbocycles. The maximum atomic E-state index is 8.94. The average molecular weight is 295 g/mol. The molecule has 1 aromatic heterocycles. The summed E-state index contributed by atoms with van der Waals surface area (Å²) in [4.78, 5) is 4.11. The van der Waals surface area contributed by atoms with Crippen LogP contribution in [-0.4, -0.2) is 4.98 Å². The van der Waals surface area contributed by atoms with Crippen molar-refractivity contribution in [1.29, 1.82) is 5.26 Å². The molecule has 2 rings (SSSR count). The molecule has 0 aliphatic rings. The topological polar surface area (TPSA) is 45.9 Å². The smallest absolute Gasteiger partial charge is 0.140 e. The van der Waals surface area contributed by atoms with E-state index < -0.39 is 0 Å². The van der Waals surface area contributed by atoms with Gasteiger partial charge in [0.1, 0.15) is 23.4 Å². The van der Waals surface area contributed by atoms with Gasteiger partial charge in [0.25, 0.3) is 0 Å². The van der Waals surface area contributed by atoms with Crippen LogP contribution in [0.4, 0.5) is 0 Å². The van der Waals surface area contributed by atoms with Crippen molar-refractivity contribution in [1.82, 2.24) is 4.98 Å². The number of hydrogen-bond donors (Lipinski definition) is 0. The molecule has 0 N–H and O–H groups in total. The Morgan fingerprint density at radius 3 is 3.06 bits per heavy atom. The van der Waals surface area contributed by atoms with E-state index in [9.17, 15) is 0 Å². The molecule has 0 unspecified atom stereocenters. The quantitative estimate of drug-likeness (QED) is 0.872. The Hall–Kier alpha value is -1.38. The summed E-state index contributed by atoms with van der Waals surface area (Å²) in [6.07, 6.45) is 1.73. The van der Waals surface area contributed by atoms with Gasteiger partial charge in [0.15, 0.2) is 0 Å². The lowest BCUT2D eigenvalue weighted by atomic mass is 10.2. The van der Waals surface area contributed by atoms with E-state index in [4.69, 9.17) is 10.00 Å². The van der Waals surface area contributed by atoms with Crippen LogP contribution < -0.4 is 4.74 Å². The third-order valence-corrected chi connectivity index (χ3v) is 3.14. The van der Waals surface area contributed by atoms with Crippen molar-refractivity contribution in [3.63, 3.8) is 0 Å². The molecule has 2 aromatic rings. The number of nitriles is 1. The Morgan fingerprint density at radius 1 is 1.50 bits per heavy atom. The third-order valence-electron chi connectivity index (χ3n) is 1.90. The second-order valence-corrected chi connectivity index (χ2v) is 4.86. The molecule has 0 bridgehead atoms. The van der Waals surface area contributed by atoms with Gasteiger partial charge in [-0.15, -0.1) is 11.3 Å². The number of nitrogens with zero attached hydrogens (tertiary/aromatic N) is 2. The SMILES string of the molecule is N#Cc1cc(Br)ccc1OCc1nccs1. The van der Waals surface area contributed by atoms with E-state index in [0.717, 1.165) is 9.48 Å². The first kappa shape index (κ1) is 11.1. The van der Waals surface area contributed by atoms with Gasteiger partial charge in [0.2, 0.25) is 0 Å². The number of rotatable bonds is 3. The summed E-state index contributed by atoms with van der Waals surface area (Å²) in [5.74, 6) is 0.584.